The number of amides is 1. The molecule has 1 saturated heterocycles. The minimum atomic E-state index is -0.0259. The van der Waals surface area contributed by atoms with E-state index in [0.29, 0.717) is 30.2 Å². The topological polar surface area (TPSA) is 51.7 Å². The molecule has 0 unspecified atom stereocenters. The third kappa shape index (κ3) is 3.94. The fourth-order valence-corrected chi connectivity index (χ4v) is 3.57. The number of carbonyl (C=O) groups excluding carboxylic acids is 1. The molecule has 1 aliphatic heterocycles. The van der Waals surface area contributed by atoms with Gasteiger partial charge < -0.3 is 14.4 Å². The molecule has 4 rings (SSSR count). The summed E-state index contributed by atoms with van der Waals surface area (Å²) in [4.78, 5) is 19.2. The van der Waals surface area contributed by atoms with Crippen LogP contribution in [0.4, 0.5) is 0 Å². The molecule has 0 saturated carbocycles. The highest BCUT2D eigenvalue weighted by molar-refractivity contribution is 5.96. The lowest BCUT2D eigenvalue weighted by Gasteiger charge is -2.39. The summed E-state index contributed by atoms with van der Waals surface area (Å²) >= 11 is 0. The molecule has 1 aliphatic rings. The molecule has 0 N–H and O–H groups in total. The molecule has 2 aromatic carbocycles. The van der Waals surface area contributed by atoms with Crippen LogP contribution in [0.15, 0.2) is 60.7 Å². The molecular formula is C24H24N2O3. The van der Waals surface area contributed by atoms with E-state index in [1.54, 1.807) is 12.0 Å². The number of pyridine rings is 1. The predicted molar refractivity (Wildman–Crippen MR) is 112 cm³/mol. The van der Waals surface area contributed by atoms with Gasteiger partial charge in [-0.05, 0) is 49.7 Å². The maximum atomic E-state index is 12.9. The fourth-order valence-electron chi connectivity index (χ4n) is 3.57. The van der Waals surface area contributed by atoms with Crippen LogP contribution < -0.4 is 9.47 Å². The SMILES string of the molecule is COc1ccccc1OC1CN(C(=O)c2cccc(-c3ccc(C)nc3C)c2)C1. The third-order valence-electron chi connectivity index (χ3n) is 5.14. The second-order valence-corrected chi connectivity index (χ2v) is 7.27. The van der Waals surface area contributed by atoms with E-state index in [4.69, 9.17) is 9.47 Å². The number of hydrogen-bond donors (Lipinski definition) is 0. The second kappa shape index (κ2) is 7.95. The summed E-state index contributed by atoms with van der Waals surface area (Å²) in [6, 6.07) is 19.3. The minimum Gasteiger partial charge on any atom is -0.493 e. The number of aryl methyl sites for hydroxylation is 2. The van der Waals surface area contributed by atoms with Crippen LogP contribution in [0.25, 0.3) is 11.1 Å². The number of aromatic nitrogens is 1. The molecule has 1 amide bonds. The van der Waals surface area contributed by atoms with Crippen LogP contribution >= 0.6 is 0 Å². The van der Waals surface area contributed by atoms with Gasteiger partial charge in [-0.2, -0.15) is 0 Å². The summed E-state index contributed by atoms with van der Waals surface area (Å²) in [5.74, 6) is 1.42. The molecule has 5 heteroatoms. The Bertz CT molecular complexity index is 1040. The predicted octanol–water partition coefficient (Wildman–Crippen LogP) is 4.28. The van der Waals surface area contributed by atoms with Crippen molar-refractivity contribution in [2.75, 3.05) is 20.2 Å². The summed E-state index contributed by atoms with van der Waals surface area (Å²) < 4.78 is 11.3. The van der Waals surface area contributed by atoms with Crippen LogP contribution in [0, 0.1) is 13.8 Å². The van der Waals surface area contributed by atoms with E-state index in [-0.39, 0.29) is 12.0 Å². The molecule has 0 aliphatic carbocycles. The monoisotopic (exact) mass is 388 g/mol. The first-order valence-electron chi connectivity index (χ1n) is 9.69. The zero-order valence-corrected chi connectivity index (χ0v) is 16.9. The Morgan fingerprint density at radius 1 is 1.00 bits per heavy atom. The second-order valence-electron chi connectivity index (χ2n) is 7.27. The van der Waals surface area contributed by atoms with Crippen molar-refractivity contribution in [1.29, 1.82) is 0 Å². The Hall–Kier alpha value is -3.34. The number of hydrogen-bond acceptors (Lipinski definition) is 4. The number of carbonyl (C=O) groups is 1. The first kappa shape index (κ1) is 19.0. The third-order valence-corrected chi connectivity index (χ3v) is 5.14. The molecular weight excluding hydrogens is 364 g/mol. The van der Waals surface area contributed by atoms with Crippen molar-refractivity contribution in [3.8, 4) is 22.6 Å². The van der Waals surface area contributed by atoms with Gasteiger partial charge in [0.15, 0.2) is 11.5 Å². The van der Waals surface area contributed by atoms with Crippen LogP contribution in [-0.2, 0) is 0 Å². The number of benzene rings is 2. The van der Waals surface area contributed by atoms with E-state index < -0.39 is 0 Å². The lowest BCUT2D eigenvalue weighted by Crippen LogP contribution is -2.56. The molecule has 2 heterocycles. The molecule has 1 aromatic heterocycles. The number of nitrogens with zero attached hydrogens (tertiary/aromatic N) is 2. The average Bonchev–Trinajstić information content (AvgIpc) is 2.70. The van der Waals surface area contributed by atoms with E-state index in [1.807, 2.05) is 68.4 Å². The number of methoxy groups -OCH3 is 1. The molecule has 0 radical (unpaired) electrons. The van der Waals surface area contributed by atoms with Crippen molar-refractivity contribution in [3.05, 3.63) is 77.6 Å². The Kier molecular flexibility index (Phi) is 5.21. The number of likely N-dealkylation sites (tertiary alicyclic amines) is 1. The first-order chi connectivity index (χ1) is 14.0. The number of para-hydroxylation sites is 2. The average molecular weight is 388 g/mol. The summed E-state index contributed by atoms with van der Waals surface area (Å²) in [6.07, 6.45) is -0.0259. The van der Waals surface area contributed by atoms with E-state index in [9.17, 15) is 4.79 Å². The molecule has 3 aromatic rings. The van der Waals surface area contributed by atoms with Crippen LogP contribution in [0.3, 0.4) is 0 Å². The molecule has 148 valence electrons. The zero-order chi connectivity index (χ0) is 20.4. The van der Waals surface area contributed by atoms with Crippen LogP contribution in [0.5, 0.6) is 11.5 Å². The van der Waals surface area contributed by atoms with Crippen LogP contribution in [0.2, 0.25) is 0 Å². The van der Waals surface area contributed by atoms with Gasteiger partial charge in [-0.3, -0.25) is 9.78 Å². The molecule has 1 fully saturated rings. The van der Waals surface area contributed by atoms with Gasteiger partial charge in [0.2, 0.25) is 0 Å². The smallest absolute Gasteiger partial charge is 0.254 e. The largest absolute Gasteiger partial charge is 0.493 e. The molecule has 0 spiro atoms. The van der Waals surface area contributed by atoms with Gasteiger partial charge in [0.25, 0.3) is 5.91 Å². The van der Waals surface area contributed by atoms with Gasteiger partial charge in [0, 0.05) is 22.5 Å². The first-order valence-corrected chi connectivity index (χ1v) is 9.69. The highest BCUT2D eigenvalue weighted by Crippen LogP contribution is 2.29. The van der Waals surface area contributed by atoms with E-state index in [1.165, 1.54) is 0 Å². The van der Waals surface area contributed by atoms with Crippen LogP contribution in [-0.4, -0.2) is 42.1 Å². The zero-order valence-electron chi connectivity index (χ0n) is 16.9. The maximum Gasteiger partial charge on any atom is 0.254 e. The summed E-state index contributed by atoms with van der Waals surface area (Å²) in [5.41, 5.74) is 4.68. The highest BCUT2D eigenvalue weighted by atomic mass is 16.5. The van der Waals surface area contributed by atoms with Crippen LogP contribution in [0.1, 0.15) is 21.7 Å². The number of ether oxygens (including phenoxy) is 2. The van der Waals surface area contributed by atoms with Gasteiger partial charge in [0.05, 0.1) is 20.2 Å². The Morgan fingerprint density at radius 3 is 2.48 bits per heavy atom. The lowest BCUT2D eigenvalue weighted by atomic mass is 10.0. The fraction of sp³-hybridized carbons (Fsp3) is 0.250. The number of rotatable bonds is 5. The van der Waals surface area contributed by atoms with Crippen molar-refractivity contribution in [3.63, 3.8) is 0 Å². The van der Waals surface area contributed by atoms with Gasteiger partial charge in [-0.15, -0.1) is 0 Å². The van der Waals surface area contributed by atoms with Gasteiger partial charge in [-0.25, -0.2) is 0 Å². The summed E-state index contributed by atoms with van der Waals surface area (Å²) in [6.45, 7) is 5.09. The highest BCUT2D eigenvalue weighted by Gasteiger charge is 2.33. The van der Waals surface area contributed by atoms with Crippen molar-refractivity contribution >= 4 is 5.91 Å². The standard InChI is InChI=1S/C24H24N2O3/c1-16-11-12-21(17(2)25-16)18-7-6-8-19(13-18)24(27)26-14-20(15-26)29-23-10-5-4-9-22(23)28-3/h4-13,20H,14-15H2,1-3H3. The van der Waals surface area contributed by atoms with Gasteiger partial charge in [-0.1, -0.05) is 30.3 Å². The normalized spacial score (nSPS) is 13.7. The molecule has 5 nitrogen and oxygen atoms in total. The Balaban J connectivity index is 1.43. The molecule has 0 bridgehead atoms. The maximum absolute atomic E-state index is 12.9. The van der Waals surface area contributed by atoms with E-state index >= 15 is 0 Å². The van der Waals surface area contributed by atoms with Crippen molar-refractivity contribution in [2.45, 2.75) is 20.0 Å². The summed E-state index contributed by atoms with van der Waals surface area (Å²) in [5, 5.41) is 0. The van der Waals surface area contributed by atoms with E-state index in [0.717, 1.165) is 22.5 Å². The Morgan fingerprint density at radius 2 is 1.76 bits per heavy atom. The molecule has 29 heavy (non-hydrogen) atoms. The minimum absolute atomic E-state index is 0.0180. The van der Waals surface area contributed by atoms with E-state index in [2.05, 4.69) is 11.1 Å². The Labute approximate surface area is 170 Å². The van der Waals surface area contributed by atoms with Crippen molar-refractivity contribution in [1.82, 2.24) is 9.88 Å². The van der Waals surface area contributed by atoms with Gasteiger partial charge in [0.1, 0.15) is 6.10 Å². The van der Waals surface area contributed by atoms with Crippen molar-refractivity contribution in [2.24, 2.45) is 0 Å². The van der Waals surface area contributed by atoms with Gasteiger partial charge >= 0.3 is 0 Å². The quantitative estimate of drug-likeness (QED) is 0.655. The lowest BCUT2D eigenvalue weighted by molar-refractivity contribution is 0.0169. The molecule has 0 atom stereocenters. The van der Waals surface area contributed by atoms with Crippen molar-refractivity contribution < 1.29 is 14.3 Å². The summed E-state index contributed by atoms with van der Waals surface area (Å²) in [7, 11) is 1.62.